The van der Waals surface area contributed by atoms with Gasteiger partial charge >= 0.3 is 0 Å². The van der Waals surface area contributed by atoms with Crippen molar-refractivity contribution in [3.8, 4) is 11.5 Å². The number of ether oxygens (including phenoxy) is 2. The summed E-state index contributed by atoms with van der Waals surface area (Å²) >= 11 is 1.65. The average molecular weight is 307 g/mol. The van der Waals surface area contributed by atoms with E-state index >= 15 is 0 Å². The molecular formula is C16H21NO3S. The Labute approximate surface area is 129 Å². The van der Waals surface area contributed by atoms with Gasteiger partial charge in [0.15, 0.2) is 11.5 Å². The molecule has 0 saturated heterocycles. The third-order valence-corrected chi connectivity index (χ3v) is 4.50. The van der Waals surface area contributed by atoms with E-state index in [9.17, 15) is 5.11 Å². The van der Waals surface area contributed by atoms with Crippen LogP contribution in [0.3, 0.4) is 0 Å². The second-order valence-corrected chi connectivity index (χ2v) is 6.29. The summed E-state index contributed by atoms with van der Waals surface area (Å²) < 4.78 is 10.5. The molecule has 1 N–H and O–H groups in total. The highest BCUT2D eigenvalue weighted by Crippen LogP contribution is 2.28. The SMILES string of the molecule is COc1ccc(CC(O)Cc2nc(C)c(C)s2)cc1OC. The van der Waals surface area contributed by atoms with Gasteiger partial charge in [-0.2, -0.15) is 0 Å². The first kappa shape index (κ1) is 15.8. The first-order valence-corrected chi connectivity index (χ1v) is 7.67. The van der Waals surface area contributed by atoms with Gasteiger partial charge < -0.3 is 14.6 Å². The van der Waals surface area contributed by atoms with Crippen LogP contribution in [0.2, 0.25) is 0 Å². The molecule has 21 heavy (non-hydrogen) atoms. The van der Waals surface area contributed by atoms with Crippen LogP contribution < -0.4 is 9.47 Å². The fourth-order valence-electron chi connectivity index (χ4n) is 2.18. The van der Waals surface area contributed by atoms with Crippen molar-refractivity contribution in [3.63, 3.8) is 0 Å². The molecule has 0 aliphatic rings. The minimum Gasteiger partial charge on any atom is -0.493 e. The Balaban J connectivity index is 2.03. The van der Waals surface area contributed by atoms with Crippen LogP contribution in [0.25, 0.3) is 0 Å². The molecule has 0 radical (unpaired) electrons. The molecule has 1 aromatic carbocycles. The highest BCUT2D eigenvalue weighted by molar-refractivity contribution is 7.11. The number of aryl methyl sites for hydroxylation is 2. The maximum Gasteiger partial charge on any atom is 0.160 e. The van der Waals surface area contributed by atoms with Crippen molar-refractivity contribution in [3.05, 3.63) is 39.3 Å². The van der Waals surface area contributed by atoms with Crippen molar-refractivity contribution in [1.29, 1.82) is 0 Å². The summed E-state index contributed by atoms with van der Waals surface area (Å²) in [5.74, 6) is 1.38. The Kier molecular flexibility index (Phi) is 5.20. The maximum atomic E-state index is 10.2. The summed E-state index contributed by atoms with van der Waals surface area (Å²) in [7, 11) is 3.22. The van der Waals surface area contributed by atoms with E-state index in [0.29, 0.717) is 24.3 Å². The Morgan fingerprint density at radius 1 is 1.14 bits per heavy atom. The van der Waals surface area contributed by atoms with Crippen LogP contribution in [0.1, 0.15) is 21.1 Å². The number of aliphatic hydroxyl groups excluding tert-OH is 1. The molecule has 0 aliphatic heterocycles. The van der Waals surface area contributed by atoms with Gasteiger partial charge in [0, 0.05) is 11.3 Å². The fourth-order valence-corrected chi connectivity index (χ4v) is 3.18. The third-order valence-electron chi connectivity index (χ3n) is 3.40. The summed E-state index contributed by atoms with van der Waals surface area (Å²) in [4.78, 5) is 5.68. The van der Waals surface area contributed by atoms with Crippen molar-refractivity contribution in [2.45, 2.75) is 32.8 Å². The number of aromatic nitrogens is 1. The number of hydrogen-bond donors (Lipinski definition) is 1. The number of nitrogens with zero attached hydrogens (tertiary/aromatic N) is 1. The van der Waals surface area contributed by atoms with Crippen LogP contribution in [-0.4, -0.2) is 30.4 Å². The fraction of sp³-hybridized carbons (Fsp3) is 0.438. The number of rotatable bonds is 6. The molecule has 0 spiro atoms. The van der Waals surface area contributed by atoms with E-state index in [0.717, 1.165) is 16.3 Å². The Morgan fingerprint density at radius 3 is 2.43 bits per heavy atom. The van der Waals surface area contributed by atoms with Gasteiger partial charge in [-0.3, -0.25) is 0 Å². The second-order valence-electron chi connectivity index (χ2n) is 5.00. The number of methoxy groups -OCH3 is 2. The Morgan fingerprint density at radius 2 is 1.86 bits per heavy atom. The molecule has 5 heteroatoms. The monoisotopic (exact) mass is 307 g/mol. The number of hydrogen-bond acceptors (Lipinski definition) is 5. The molecule has 1 atom stereocenters. The molecule has 0 amide bonds. The minimum absolute atomic E-state index is 0.451. The zero-order valence-corrected chi connectivity index (χ0v) is 13.7. The largest absolute Gasteiger partial charge is 0.493 e. The Bertz CT molecular complexity index is 590. The van der Waals surface area contributed by atoms with E-state index in [1.165, 1.54) is 4.88 Å². The average Bonchev–Trinajstić information content (AvgIpc) is 2.76. The molecule has 1 unspecified atom stereocenters. The lowest BCUT2D eigenvalue weighted by molar-refractivity contribution is 0.175. The maximum absolute atomic E-state index is 10.2. The van der Waals surface area contributed by atoms with Gasteiger partial charge in [-0.25, -0.2) is 4.98 Å². The predicted molar refractivity (Wildman–Crippen MR) is 84.5 cm³/mol. The zero-order valence-electron chi connectivity index (χ0n) is 12.8. The van der Waals surface area contributed by atoms with E-state index in [-0.39, 0.29) is 0 Å². The predicted octanol–water partition coefficient (Wildman–Crippen LogP) is 2.92. The summed E-state index contributed by atoms with van der Waals surface area (Å²) in [6, 6.07) is 5.71. The molecule has 0 fully saturated rings. The van der Waals surface area contributed by atoms with E-state index in [2.05, 4.69) is 11.9 Å². The van der Waals surface area contributed by atoms with E-state index in [1.807, 2.05) is 25.1 Å². The highest BCUT2D eigenvalue weighted by Gasteiger charge is 2.13. The quantitative estimate of drug-likeness (QED) is 0.891. The van der Waals surface area contributed by atoms with E-state index in [1.54, 1.807) is 25.6 Å². The van der Waals surface area contributed by atoms with Gasteiger partial charge in [0.05, 0.1) is 31.0 Å². The standard InChI is InChI=1S/C16H21NO3S/c1-10-11(2)21-16(17-10)9-13(18)7-12-5-6-14(19-3)15(8-12)20-4/h5-6,8,13,18H,7,9H2,1-4H3. The summed E-state index contributed by atoms with van der Waals surface area (Å²) in [5, 5.41) is 11.2. The van der Waals surface area contributed by atoms with Gasteiger partial charge in [-0.15, -0.1) is 11.3 Å². The van der Waals surface area contributed by atoms with Gasteiger partial charge in [0.25, 0.3) is 0 Å². The second kappa shape index (κ2) is 6.91. The van der Waals surface area contributed by atoms with Crippen LogP contribution in [0.5, 0.6) is 11.5 Å². The molecule has 1 aromatic heterocycles. The van der Waals surface area contributed by atoms with Crippen molar-refractivity contribution >= 4 is 11.3 Å². The van der Waals surface area contributed by atoms with Crippen molar-refractivity contribution in [1.82, 2.24) is 4.98 Å². The lowest BCUT2D eigenvalue weighted by Gasteiger charge is -2.12. The molecule has 2 rings (SSSR count). The van der Waals surface area contributed by atoms with Crippen LogP contribution in [0.15, 0.2) is 18.2 Å². The van der Waals surface area contributed by atoms with Gasteiger partial charge in [0.2, 0.25) is 0 Å². The molecule has 0 aliphatic carbocycles. The van der Waals surface area contributed by atoms with Gasteiger partial charge in [0.1, 0.15) is 0 Å². The number of aliphatic hydroxyl groups is 1. The third kappa shape index (κ3) is 3.95. The molecule has 4 nitrogen and oxygen atoms in total. The Hall–Kier alpha value is -1.59. The molecule has 2 aromatic rings. The molecule has 1 heterocycles. The van der Waals surface area contributed by atoms with Crippen LogP contribution in [0, 0.1) is 13.8 Å². The van der Waals surface area contributed by atoms with Gasteiger partial charge in [-0.1, -0.05) is 6.07 Å². The summed E-state index contributed by atoms with van der Waals surface area (Å²) in [6.45, 7) is 4.05. The normalized spacial score (nSPS) is 12.2. The summed E-state index contributed by atoms with van der Waals surface area (Å²) in [5.41, 5.74) is 2.07. The highest BCUT2D eigenvalue weighted by atomic mass is 32.1. The molecule has 114 valence electrons. The van der Waals surface area contributed by atoms with Crippen molar-refractivity contribution in [2.75, 3.05) is 14.2 Å². The topological polar surface area (TPSA) is 51.6 Å². The smallest absolute Gasteiger partial charge is 0.160 e. The lowest BCUT2D eigenvalue weighted by atomic mass is 10.1. The molecular weight excluding hydrogens is 286 g/mol. The van der Waals surface area contributed by atoms with Crippen LogP contribution >= 0.6 is 11.3 Å². The summed E-state index contributed by atoms with van der Waals surface area (Å²) in [6.07, 6.45) is 0.694. The minimum atomic E-state index is -0.451. The first-order valence-electron chi connectivity index (χ1n) is 6.85. The first-order chi connectivity index (χ1) is 10.0. The molecule has 0 saturated carbocycles. The van der Waals surface area contributed by atoms with Gasteiger partial charge in [-0.05, 0) is 38.0 Å². The zero-order chi connectivity index (χ0) is 15.4. The number of benzene rings is 1. The van der Waals surface area contributed by atoms with E-state index < -0.39 is 6.10 Å². The van der Waals surface area contributed by atoms with Crippen molar-refractivity contribution in [2.24, 2.45) is 0 Å². The van der Waals surface area contributed by atoms with Crippen molar-refractivity contribution < 1.29 is 14.6 Å². The van der Waals surface area contributed by atoms with E-state index in [4.69, 9.17) is 9.47 Å². The molecule has 0 bridgehead atoms. The lowest BCUT2D eigenvalue weighted by Crippen LogP contribution is -2.14. The van der Waals surface area contributed by atoms with Crippen LogP contribution in [-0.2, 0) is 12.8 Å². The number of thiazole rings is 1. The van der Waals surface area contributed by atoms with Crippen LogP contribution in [0.4, 0.5) is 0 Å².